The summed E-state index contributed by atoms with van der Waals surface area (Å²) < 4.78 is 0. The lowest BCUT2D eigenvalue weighted by Gasteiger charge is -2.23. The highest BCUT2D eigenvalue weighted by Crippen LogP contribution is 2.16. The van der Waals surface area contributed by atoms with Crippen LogP contribution in [0.4, 0.5) is 5.69 Å². The quantitative estimate of drug-likeness (QED) is 0.508. The van der Waals surface area contributed by atoms with Crippen LogP contribution in [0.5, 0.6) is 0 Å². The van der Waals surface area contributed by atoms with E-state index in [1.54, 1.807) is 0 Å². The number of nitrogens with zero attached hydrogens (tertiary/aromatic N) is 1. The number of nitrogens with two attached hydrogens (primary N) is 1. The lowest BCUT2D eigenvalue weighted by atomic mass is 10.0. The molecular formula is C16H23Cl2N3O3. The molecule has 1 aromatic carbocycles. The van der Waals surface area contributed by atoms with Gasteiger partial charge in [-0.25, -0.2) is 4.79 Å². The number of amides is 1. The molecule has 0 unspecified atom stereocenters. The van der Waals surface area contributed by atoms with Crippen LogP contribution in [0.15, 0.2) is 24.3 Å². The molecule has 0 fully saturated rings. The molecule has 1 atom stereocenters. The van der Waals surface area contributed by atoms with Crippen LogP contribution in [0.1, 0.15) is 12.0 Å². The minimum absolute atomic E-state index is 0.106. The number of carboxylic acids is 1. The first-order valence-corrected chi connectivity index (χ1v) is 8.76. The van der Waals surface area contributed by atoms with Crippen molar-refractivity contribution in [2.24, 2.45) is 5.73 Å². The molecule has 134 valence electrons. The van der Waals surface area contributed by atoms with Crippen molar-refractivity contribution in [2.75, 3.05) is 36.3 Å². The van der Waals surface area contributed by atoms with Gasteiger partial charge in [-0.05, 0) is 17.7 Å². The third-order valence-electron chi connectivity index (χ3n) is 3.45. The molecule has 0 spiro atoms. The highest BCUT2D eigenvalue weighted by Gasteiger charge is 2.20. The molecule has 1 rings (SSSR count). The number of carbonyl (C=O) groups excluding carboxylic acids is 1. The van der Waals surface area contributed by atoms with Gasteiger partial charge >= 0.3 is 5.97 Å². The molecule has 0 radical (unpaired) electrons. The second-order valence-corrected chi connectivity index (χ2v) is 5.99. The van der Waals surface area contributed by atoms with Crippen molar-refractivity contribution in [2.45, 2.75) is 18.9 Å². The van der Waals surface area contributed by atoms with Gasteiger partial charge in [0.1, 0.15) is 6.04 Å². The molecule has 0 heterocycles. The summed E-state index contributed by atoms with van der Waals surface area (Å²) >= 11 is 11.6. The summed E-state index contributed by atoms with van der Waals surface area (Å²) in [6, 6.07) is 6.51. The van der Waals surface area contributed by atoms with E-state index in [2.05, 4.69) is 10.2 Å². The largest absolute Gasteiger partial charge is 0.480 e. The van der Waals surface area contributed by atoms with Gasteiger partial charge < -0.3 is 21.1 Å². The molecule has 0 bridgehead atoms. The lowest BCUT2D eigenvalue weighted by molar-refractivity contribution is -0.141. The number of halogens is 2. The molecule has 0 aliphatic carbocycles. The van der Waals surface area contributed by atoms with Crippen LogP contribution in [0.25, 0.3) is 0 Å². The summed E-state index contributed by atoms with van der Waals surface area (Å²) in [6.45, 7) is 1.55. The van der Waals surface area contributed by atoms with Gasteiger partial charge in [0.25, 0.3) is 0 Å². The van der Waals surface area contributed by atoms with Gasteiger partial charge in [-0.2, -0.15) is 0 Å². The zero-order valence-corrected chi connectivity index (χ0v) is 14.9. The standard InChI is InChI=1S/C16H23Cl2N3O3/c17-6-9-21(10-7-18)13-3-1-12(2-4-13)11-14(16(23)24)20-15(22)5-8-19/h1-4,14H,5-11,19H2,(H,20,22)(H,23,24)/t14-/m0/s1. The number of rotatable bonds is 11. The average Bonchev–Trinajstić information content (AvgIpc) is 2.55. The Hall–Kier alpha value is -1.50. The number of benzene rings is 1. The third-order valence-corrected chi connectivity index (χ3v) is 3.79. The molecule has 0 saturated carbocycles. The van der Waals surface area contributed by atoms with Crippen molar-refractivity contribution in [3.05, 3.63) is 29.8 Å². The summed E-state index contributed by atoms with van der Waals surface area (Å²) in [5, 5.41) is 11.7. The molecule has 0 saturated heterocycles. The van der Waals surface area contributed by atoms with E-state index < -0.39 is 12.0 Å². The van der Waals surface area contributed by atoms with Crippen LogP contribution < -0.4 is 16.0 Å². The summed E-state index contributed by atoms with van der Waals surface area (Å²) in [5.41, 5.74) is 7.08. The van der Waals surface area contributed by atoms with E-state index in [0.717, 1.165) is 11.3 Å². The maximum atomic E-state index is 11.5. The molecule has 4 N–H and O–H groups in total. The highest BCUT2D eigenvalue weighted by molar-refractivity contribution is 6.18. The highest BCUT2D eigenvalue weighted by atomic mass is 35.5. The topological polar surface area (TPSA) is 95.7 Å². The molecule has 0 aromatic heterocycles. The predicted octanol–water partition coefficient (Wildman–Crippen LogP) is 1.43. The monoisotopic (exact) mass is 375 g/mol. The summed E-state index contributed by atoms with van der Waals surface area (Å²) in [5.74, 6) is -0.452. The van der Waals surface area contributed by atoms with E-state index in [1.807, 2.05) is 24.3 Å². The predicted molar refractivity (Wildman–Crippen MR) is 97.0 cm³/mol. The lowest BCUT2D eigenvalue weighted by Crippen LogP contribution is -2.42. The summed E-state index contributed by atoms with van der Waals surface area (Å²) in [4.78, 5) is 24.9. The van der Waals surface area contributed by atoms with Gasteiger partial charge in [0.05, 0.1) is 0 Å². The number of carboxylic acid groups (broad SMARTS) is 1. The van der Waals surface area contributed by atoms with Crippen LogP contribution in [0, 0.1) is 0 Å². The first kappa shape index (κ1) is 20.5. The van der Waals surface area contributed by atoms with Gasteiger partial charge in [0, 0.05) is 49.9 Å². The first-order valence-electron chi connectivity index (χ1n) is 7.69. The number of hydrogen-bond acceptors (Lipinski definition) is 4. The molecule has 24 heavy (non-hydrogen) atoms. The average molecular weight is 376 g/mol. The fourth-order valence-corrected chi connectivity index (χ4v) is 2.66. The molecule has 0 aliphatic rings. The van der Waals surface area contributed by atoms with E-state index in [9.17, 15) is 14.7 Å². The summed E-state index contributed by atoms with van der Waals surface area (Å²) in [6.07, 6.45) is 0.311. The van der Waals surface area contributed by atoms with Crippen LogP contribution in [-0.4, -0.2) is 54.4 Å². The van der Waals surface area contributed by atoms with E-state index in [1.165, 1.54) is 0 Å². The van der Waals surface area contributed by atoms with Gasteiger partial charge in [-0.3, -0.25) is 4.79 Å². The number of carbonyl (C=O) groups is 2. The molecule has 1 amide bonds. The van der Waals surface area contributed by atoms with E-state index in [0.29, 0.717) is 24.8 Å². The van der Waals surface area contributed by atoms with Crippen molar-refractivity contribution >= 4 is 40.8 Å². The van der Waals surface area contributed by atoms with Crippen LogP contribution in [-0.2, 0) is 16.0 Å². The normalized spacial score (nSPS) is 11.8. The van der Waals surface area contributed by atoms with Gasteiger partial charge in [-0.1, -0.05) is 12.1 Å². The Bertz CT molecular complexity index is 520. The van der Waals surface area contributed by atoms with Crippen molar-refractivity contribution in [3.63, 3.8) is 0 Å². The Morgan fingerprint density at radius 2 is 1.75 bits per heavy atom. The smallest absolute Gasteiger partial charge is 0.326 e. The minimum atomic E-state index is -1.07. The first-order chi connectivity index (χ1) is 11.5. The van der Waals surface area contributed by atoms with E-state index in [-0.39, 0.29) is 25.3 Å². The molecule has 8 heteroatoms. The fourth-order valence-electron chi connectivity index (χ4n) is 2.25. The number of nitrogens with one attached hydrogen (secondary N) is 1. The van der Waals surface area contributed by atoms with Gasteiger partial charge in [0.15, 0.2) is 0 Å². The Morgan fingerprint density at radius 1 is 1.17 bits per heavy atom. The number of hydrogen-bond donors (Lipinski definition) is 3. The van der Waals surface area contributed by atoms with E-state index in [4.69, 9.17) is 28.9 Å². The SMILES string of the molecule is NCCC(=O)N[C@@H](Cc1ccc(N(CCCl)CCCl)cc1)C(=O)O. The van der Waals surface area contributed by atoms with Crippen molar-refractivity contribution in [1.29, 1.82) is 0 Å². The second kappa shape index (κ2) is 11.1. The molecular weight excluding hydrogens is 353 g/mol. The molecule has 0 aliphatic heterocycles. The number of aliphatic carboxylic acids is 1. The zero-order chi connectivity index (χ0) is 17.9. The van der Waals surface area contributed by atoms with Gasteiger partial charge in [-0.15, -0.1) is 23.2 Å². The Kier molecular flexibility index (Phi) is 9.52. The maximum Gasteiger partial charge on any atom is 0.326 e. The fraction of sp³-hybridized carbons (Fsp3) is 0.500. The van der Waals surface area contributed by atoms with Crippen molar-refractivity contribution < 1.29 is 14.7 Å². The number of alkyl halides is 2. The minimum Gasteiger partial charge on any atom is -0.480 e. The maximum absolute atomic E-state index is 11.5. The summed E-state index contributed by atoms with van der Waals surface area (Å²) in [7, 11) is 0. The van der Waals surface area contributed by atoms with Gasteiger partial charge in [0.2, 0.25) is 5.91 Å². The van der Waals surface area contributed by atoms with Crippen LogP contribution in [0.3, 0.4) is 0 Å². The van der Waals surface area contributed by atoms with Crippen molar-refractivity contribution in [3.8, 4) is 0 Å². The Balaban J connectivity index is 2.75. The third kappa shape index (κ3) is 6.95. The van der Waals surface area contributed by atoms with Crippen molar-refractivity contribution in [1.82, 2.24) is 5.32 Å². The second-order valence-electron chi connectivity index (χ2n) is 5.23. The molecule has 1 aromatic rings. The zero-order valence-electron chi connectivity index (χ0n) is 13.4. The van der Waals surface area contributed by atoms with Crippen LogP contribution in [0.2, 0.25) is 0 Å². The van der Waals surface area contributed by atoms with Crippen LogP contribution >= 0.6 is 23.2 Å². The van der Waals surface area contributed by atoms with E-state index >= 15 is 0 Å². The molecule has 6 nitrogen and oxygen atoms in total. The number of anilines is 1. The Morgan fingerprint density at radius 3 is 2.21 bits per heavy atom. The Labute approximate surface area is 151 Å².